The van der Waals surface area contributed by atoms with Crippen molar-refractivity contribution in [1.82, 2.24) is 5.32 Å². The van der Waals surface area contributed by atoms with Gasteiger partial charge in [-0.2, -0.15) is 0 Å². The first-order valence-electron chi connectivity index (χ1n) is 29.2. The second kappa shape index (κ2) is 49.0. The predicted molar refractivity (Wildman–Crippen MR) is 286 cm³/mol. The maximum atomic E-state index is 13.0. The Bertz CT molecular complexity index is 1160. The summed E-state index contributed by atoms with van der Waals surface area (Å²) in [5.74, 6) is -0.184. The van der Waals surface area contributed by atoms with Crippen molar-refractivity contribution in [2.24, 2.45) is 0 Å². The van der Waals surface area contributed by atoms with Crippen LogP contribution in [0.5, 0.6) is 0 Å². The minimum absolute atomic E-state index is 0.184. The summed E-state index contributed by atoms with van der Waals surface area (Å²) >= 11 is 0. The molecule has 0 spiro atoms. The van der Waals surface area contributed by atoms with Gasteiger partial charge in [0.15, 0.2) is 6.29 Å². The summed E-state index contributed by atoms with van der Waals surface area (Å²) in [4.78, 5) is 13.0. The van der Waals surface area contributed by atoms with Gasteiger partial charge in [0, 0.05) is 6.42 Å². The quantitative estimate of drug-likeness (QED) is 0.0261. The molecule has 1 rings (SSSR count). The first-order valence-corrected chi connectivity index (χ1v) is 29.2. The van der Waals surface area contributed by atoms with Gasteiger partial charge < -0.3 is 40.3 Å². The van der Waals surface area contributed by atoms with E-state index in [1.807, 2.05) is 6.08 Å². The fraction of sp³-hybridized carbons (Fsp3) is 0.881. The molecule has 6 N–H and O–H groups in total. The van der Waals surface area contributed by atoms with Gasteiger partial charge in [-0.3, -0.25) is 4.79 Å². The lowest BCUT2D eigenvalue weighted by molar-refractivity contribution is -0.302. The van der Waals surface area contributed by atoms with Gasteiger partial charge in [0.05, 0.1) is 25.4 Å². The molecule has 0 radical (unpaired) electrons. The molecule has 1 heterocycles. The Kier molecular flexibility index (Phi) is 46.4. The van der Waals surface area contributed by atoms with E-state index in [9.17, 15) is 30.3 Å². The number of aliphatic hydroxyl groups is 5. The summed E-state index contributed by atoms with van der Waals surface area (Å²) in [6.07, 6.45) is 56.7. The second-order valence-electron chi connectivity index (χ2n) is 20.4. The number of hydrogen-bond acceptors (Lipinski definition) is 8. The monoisotopic (exact) mass is 962 g/mol. The maximum absolute atomic E-state index is 13.0. The average molecular weight is 963 g/mol. The third-order valence-electron chi connectivity index (χ3n) is 13.9. The zero-order valence-corrected chi connectivity index (χ0v) is 44.4. The highest BCUT2D eigenvalue weighted by Gasteiger charge is 2.44. The van der Waals surface area contributed by atoms with Crippen LogP contribution >= 0.6 is 0 Å². The van der Waals surface area contributed by atoms with E-state index in [2.05, 4.69) is 43.5 Å². The Balaban J connectivity index is 2.10. The summed E-state index contributed by atoms with van der Waals surface area (Å²) in [5, 5.41) is 54.3. The highest BCUT2D eigenvalue weighted by atomic mass is 16.7. The summed E-state index contributed by atoms with van der Waals surface area (Å²) in [6, 6.07) is -0.819. The van der Waals surface area contributed by atoms with Crippen molar-refractivity contribution in [3.8, 4) is 0 Å². The molecule has 9 nitrogen and oxygen atoms in total. The van der Waals surface area contributed by atoms with Crippen LogP contribution in [0.4, 0.5) is 0 Å². The van der Waals surface area contributed by atoms with E-state index in [4.69, 9.17) is 9.47 Å². The number of allylic oxidation sites excluding steroid dienone is 5. The van der Waals surface area contributed by atoms with E-state index in [0.717, 1.165) is 38.5 Å². The molecule has 1 amide bonds. The number of unbranched alkanes of at least 4 members (excludes halogenated alkanes) is 36. The minimum atomic E-state index is -1.57. The molecule has 0 aromatic heterocycles. The van der Waals surface area contributed by atoms with E-state index in [1.165, 1.54) is 218 Å². The number of rotatable bonds is 50. The van der Waals surface area contributed by atoms with E-state index in [1.54, 1.807) is 6.08 Å². The predicted octanol–water partition coefficient (Wildman–Crippen LogP) is 14.4. The molecule has 0 aromatic rings. The Hall–Kier alpha value is -1.59. The molecule has 1 fully saturated rings. The van der Waals surface area contributed by atoms with Gasteiger partial charge in [-0.05, 0) is 57.8 Å². The molecule has 1 aliphatic heterocycles. The smallest absolute Gasteiger partial charge is 0.220 e. The van der Waals surface area contributed by atoms with Crippen molar-refractivity contribution in [2.75, 3.05) is 13.2 Å². The van der Waals surface area contributed by atoms with Gasteiger partial charge in [0.1, 0.15) is 24.4 Å². The average Bonchev–Trinajstić information content (AvgIpc) is 3.34. The van der Waals surface area contributed by atoms with Crippen molar-refractivity contribution in [3.63, 3.8) is 0 Å². The summed E-state index contributed by atoms with van der Waals surface area (Å²) < 4.78 is 11.2. The van der Waals surface area contributed by atoms with Gasteiger partial charge in [0.2, 0.25) is 5.91 Å². The normalized spacial score (nSPS) is 19.8. The molecular weight excluding hydrogens is 851 g/mol. The molecule has 7 unspecified atom stereocenters. The van der Waals surface area contributed by atoms with Crippen LogP contribution in [0.2, 0.25) is 0 Å². The first-order chi connectivity index (χ1) is 33.3. The van der Waals surface area contributed by atoms with Crippen LogP contribution in [-0.2, 0) is 14.3 Å². The maximum Gasteiger partial charge on any atom is 0.220 e. The SMILES string of the molecule is CCCCCCCC/C=C/CC/C=C/C(O)C(COC1OC(CO)C(O)C(O)C1O)NC(=O)CCCCCCCCCCCCCCCCCCC/C=C\CCCCCCCCCCCCCC. The third-order valence-corrected chi connectivity index (χ3v) is 13.9. The van der Waals surface area contributed by atoms with Gasteiger partial charge in [0.25, 0.3) is 0 Å². The molecule has 7 atom stereocenters. The van der Waals surface area contributed by atoms with E-state index in [0.29, 0.717) is 6.42 Å². The van der Waals surface area contributed by atoms with E-state index < -0.39 is 49.5 Å². The number of ether oxygens (including phenoxy) is 2. The van der Waals surface area contributed by atoms with Gasteiger partial charge in [-0.25, -0.2) is 0 Å². The summed E-state index contributed by atoms with van der Waals surface area (Å²) in [7, 11) is 0. The molecule has 68 heavy (non-hydrogen) atoms. The molecule has 400 valence electrons. The number of aliphatic hydroxyl groups excluding tert-OH is 5. The van der Waals surface area contributed by atoms with Crippen LogP contribution in [0.15, 0.2) is 36.5 Å². The van der Waals surface area contributed by atoms with E-state index in [-0.39, 0.29) is 12.5 Å². The van der Waals surface area contributed by atoms with E-state index >= 15 is 0 Å². The minimum Gasteiger partial charge on any atom is -0.394 e. The van der Waals surface area contributed by atoms with Gasteiger partial charge >= 0.3 is 0 Å². The first kappa shape index (κ1) is 64.4. The van der Waals surface area contributed by atoms with Crippen molar-refractivity contribution in [1.29, 1.82) is 0 Å². The van der Waals surface area contributed by atoms with Crippen LogP contribution in [0.25, 0.3) is 0 Å². The van der Waals surface area contributed by atoms with Crippen LogP contribution in [-0.4, -0.2) is 87.5 Å². The van der Waals surface area contributed by atoms with Crippen molar-refractivity contribution >= 4 is 5.91 Å². The second-order valence-corrected chi connectivity index (χ2v) is 20.4. The van der Waals surface area contributed by atoms with Gasteiger partial charge in [-0.15, -0.1) is 0 Å². The van der Waals surface area contributed by atoms with Gasteiger partial charge in [-0.1, -0.05) is 249 Å². The Morgan fingerprint density at radius 2 is 0.838 bits per heavy atom. The molecule has 1 aliphatic rings. The topological polar surface area (TPSA) is 149 Å². The summed E-state index contributed by atoms with van der Waals surface area (Å²) in [6.45, 7) is 3.76. The fourth-order valence-corrected chi connectivity index (χ4v) is 9.29. The number of nitrogens with one attached hydrogen (secondary N) is 1. The van der Waals surface area contributed by atoms with Crippen LogP contribution in [0.1, 0.15) is 277 Å². The molecule has 1 saturated heterocycles. The lowest BCUT2D eigenvalue weighted by Gasteiger charge is -2.40. The number of carbonyl (C=O) groups excluding carboxylic acids is 1. The Morgan fingerprint density at radius 3 is 1.24 bits per heavy atom. The van der Waals surface area contributed by atoms with Crippen LogP contribution in [0, 0.1) is 0 Å². The largest absolute Gasteiger partial charge is 0.394 e. The third kappa shape index (κ3) is 38.1. The standard InChI is InChI=1S/C59H111NO8/c1-3-5-7-9-11-13-15-17-18-19-20-21-22-23-24-25-26-27-28-29-30-31-32-33-34-35-36-37-39-41-43-45-47-49-55(63)60-52(51-67-59-58(66)57(65)56(64)54(50-61)68-59)53(62)48-46-44-42-40-38-16-14-12-10-8-6-4-2/h23-24,38,40,46,48,52-54,56-59,61-62,64-66H,3-22,25-37,39,41-45,47,49-51H2,1-2H3,(H,60,63)/b24-23-,40-38+,48-46+. The van der Waals surface area contributed by atoms with Crippen molar-refractivity contribution < 1.29 is 39.8 Å². The molecule has 0 saturated carbocycles. The zero-order valence-electron chi connectivity index (χ0n) is 44.4. The van der Waals surface area contributed by atoms with Crippen molar-refractivity contribution in [2.45, 2.75) is 320 Å². The molecule has 9 heteroatoms. The number of hydrogen-bond donors (Lipinski definition) is 6. The van der Waals surface area contributed by atoms with Crippen LogP contribution < -0.4 is 5.32 Å². The molecule has 0 bridgehead atoms. The highest BCUT2D eigenvalue weighted by Crippen LogP contribution is 2.23. The zero-order chi connectivity index (χ0) is 49.4. The Labute approximate surface area is 419 Å². The number of carbonyl (C=O) groups is 1. The Morgan fingerprint density at radius 1 is 0.485 bits per heavy atom. The molecule has 0 aromatic carbocycles. The molecular formula is C59H111NO8. The van der Waals surface area contributed by atoms with Crippen LogP contribution in [0.3, 0.4) is 0 Å². The fourth-order valence-electron chi connectivity index (χ4n) is 9.29. The summed E-state index contributed by atoms with van der Waals surface area (Å²) in [5.41, 5.74) is 0. The lowest BCUT2D eigenvalue weighted by Crippen LogP contribution is -2.60. The number of amides is 1. The molecule has 0 aliphatic carbocycles. The van der Waals surface area contributed by atoms with Crippen molar-refractivity contribution in [3.05, 3.63) is 36.5 Å². The highest BCUT2D eigenvalue weighted by molar-refractivity contribution is 5.76. The lowest BCUT2D eigenvalue weighted by atomic mass is 9.99.